The van der Waals surface area contributed by atoms with E-state index in [9.17, 15) is 10.0 Å². The molecule has 1 aromatic carbocycles. The zero-order valence-electron chi connectivity index (χ0n) is 12.3. The van der Waals surface area contributed by atoms with Gasteiger partial charge < -0.3 is 9.94 Å². The van der Waals surface area contributed by atoms with Gasteiger partial charge in [-0.2, -0.15) is 4.73 Å². The van der Waals surface area contributed by atoms with E-state index in [0.29, 0.717) is 10.3 Å². The van der Waals surface area contributed by atoms with Gasteiger partial charge in [-0.15, -0.1) is 0 Å². The molecule has 1 heterocycles. The first-order valence-corrected chi connectivity index (χ1v) is 6.65. The number of pyridine rings is 1. The number of anilines is 1. The fourth-order valence-electron chi connectivity index (χ4n) is 2.25. The third-order valence-corrected chi connectivity index (χ3v) is 3.11. The Kier molecular flexibility index (Phi) is 4.42. The van der Waals surface area contributed by atoms with Crippen molar-refractivity contribution in [3.8, 4) is 0 Å². The number of rotatable bonds is 3. The van der Waals surface area contributed by atoms with Gasteiger partial charge in [-0.3, -0.25) is 5.32 Å². The highest BCUT2D eigenvalue weighted by Gasteiger charge is 2.09. The van der Waals surface area contributed by atoms with Crippen LogP contribution in [0.25, 0.3) is 0 Å². The van der Waals surface area contributed by atoms with Crippen molar-refractivity contribution in [2.75, 3.05) is 5.32 Å². The van der Waals surface area contributed by atoms with Gasteiger partial charge in [0.2, 0.25) is 0 Å². The molecular weight excluding hydrogens is 268 g/mol. The monoisotopic (exact) mass is 286 g/mol. The van der Waals surface area contributed by atoms with Gasteiger partial charge in [0, 0.05) is 11.8 Å². The normalized spacial score (nSPS) is 10.2. The van der Waals surface area contributed by atoms with E-state index in [-0.39, 0.29) is 6.61 Å². The molecule has 5 heteroatoms. The molecule has 0 fully saturated rings. The van der Waals surface area contributed by atoms with Crippen LogP contribution in [0.2, 0.25) is 0 Å². The molecule has 2 aromatic rings. The van der Waals surface area contributed by atoms with Crippen molar-refractivity contribution in [2.24, 2.45) is 0 Å². The van der Waals surface area contributed by atoms with E-state index in [4.69, 9.17) is 4.74 Å². The molecule has 0 atom stereocenters. The molecule has 0 saturated carbocycles. The number of benzene rings is 1. The topological polar surface area (TPSA) is 65.3 Å². The second kappa shape index (κ2) is 6.26. The number of aryl methyl sites for hydroxylation is 3. The number of amides is 1. The average molecular weight is 286 g/mol. The molecule has 110 valence electrons. The number of aromatic nitrogens is 1. The molecule has 0 aliphatic rings. The first kappa shape index (κ1) is 14.8. The van der Waals surface area contributed by atoms with Crippen molar-refractivity contribution >= 4 is 11.8 Å². The lowest BCUT2D eigenvalue weighted by Crippen LogP contribution is -2.25. The second-order valence-corrected chi connectivity index (χ2v) is 5.05. The van der Waals surface area contributed by atoms with Crippen molar-refractivity contribution in [3.63, 3.8) is 0 Å². The number of carbonyl (C=O) groups excluding carboxylic acids is 1. The summed E-state index contributed by atoms with van der Waals surface area (Å²) in [5, 5.41) is 13.9. The number of hydrogen-bond acceptors (Lipinski definition) is 3. The van der Waals surface area contributed by atoms with Crippen LogP contribution in [-0.2, 0) is 11.3 Å². The number of hydrogen-bond donors (Lipinski definition) is 1. The van der Waals surface area contributed by atoms with Gasteiger partial charge in [0.15, 0.2) is 12.4 Å². The lowest BCUT2D eigenvalue weighted by molar-refractivity contribution is -0.606. The molecule has 2 rings (SSSR count). The van der Waals surface area contributed by atoms with Gasteiger partial charge in [-0.1, -0.05) is 17.7 Å². The van der Waals surface area contributed by atoms with E-state index in [1.165, 1.54) is 12.4 Å². The highest BCUT2D eigenvalue weighted by molar-refractivity contribution is 5.86. The van der Waals surface area contributed by atoms with Gasteiger partial charge >= 0.3 is 6.09 Å². The molecule has 0 aliphatic heterocycles. The number of ether oxygens (including phenoxy) is 1. The highest BCUT2D eigenvalue weighted by Crippen LogP contribution is 2.22. The van der Waals surface area contributed by atoms with Crippen LogP contribution in [0.15, 0.2) is 36.7 Å². The van der Waals surface area contributed by atoms with E-state index >= 15 is 0 Å². The fraction of sp³-hybridized carbons (Fsp3) is 0.250. The molecule has 5 nitrogen and oxygen atoms in total. The summed E-state index contributed by atoms with van der Waals surface area (Å²) >= 11 is 0. The molecule has 0 spiro atoms. The number of nitrogens with zero attached hydrogens (tertiary/aromatic N) is 1. The van der Waals surface area contributed by atoms with Crippen molar-refractivity contribution in [1.82, 2.24) is 0 Å². The Balaban J connectivity index is 1.99. The van der Waals surface area contributed by atoms with Crippen LogP contribution in [0.1, 0.15) is 22.3 Å². The average Bonchev–Trinajstić information content (AvgIpc) is 2.40. The van der Waals surface area contributed by atoms with Gasteiger partial charge in [0.05, 0.1) is 5.56 Å². The predicted octanol–water partition coefficient (Wildman–Crippen LogP) is 2.99. The van der Waals surface area contributed by atoms with E-state index in [1.54, 1.807) is 12.1 Å². The van der Waals surface area contributed by atoms with Crippen molar-refractivity contribution in [2.45, 2.75) is 27.4 Å². The summed E-state index contributed by atoms with van der Waals surface area (Å²) in [5.41, 5.74) is 4.52. The number of carbonyl (C=O) groups is 1. The summed E-state index contributed by atoms with van der Waals surface area (Å²) in [4.78, 5) is 11.8. The van der Waals surface area contributed by atoms with Crippen molar-refractivity contribution in [1.29, 1.82) is 0 Å². The van der Waals surface area contributed by atoms with E-state index in [0.717, 1.165) is 22.4 Å². The molecule has 0 radical (unpaired) electrons. The van der Waals surface area contributed by atoms with E-state index in [2.05, 4.69) is 5.32 Å². The van der Waals surface area contributed by atoms with Gasteiger partial charge in [-0.05, 0) is 38.0 Å². The quantitative estimate of drug-likeness (QED) is 0.696. The molecular formula is C16H18N2O3. The summed E-state index contributed by atoms with van der Waals surface area (Å²) in [5.74, 6) is 0. The zero-order valence-corrected chi connectivity index (χ0v) is 12.3. The third kappa shape index (κ3) is 3.95. The van der Waals surface area contributed by atoms with Crippen LogP contribution in [0.3, 0.4) is 0 Å². The Labute approximate surface area is 123 Å². The minimum atomic E-state index is -0.536. The Hall–Kier alpha value is -2.56. The zero-order chi connectivity index (χ0) is 15.4. The standard InChI is InChI=1S/C16H18N2O3/c1-11-7-12(2)15(13(3)8-11)17-16(19)21-10-14-5-4-6-18(20)9-14/h4-9H,10H2,1-3H3,(H,17,19). The molecule has 0 bridgehead atoms. The maximum absolute atomic E-state index is 11.8. The highest BCUT2D eigenvalue weighted by atomic mass is 16.5. The first-order chi connectivity index (χ1) is 9.95. The predicted molar refractivity (Wildman–Crippen MR) is 79.9 cm³/mol. The van der Waals surface area contributed by atoms with E-state index < -0.39 is 6.09 Å². The second-order valence-electron chi connectivity index (χ2n) is 5.05. The van der Waals surface area contributed by atoms with Crippen LogP contribution >= 0.6 is 0 Å². The van der Waals surface area contributed by atoms with Crippen LogP contribution in [-0.4, -0.2) is 6.09 Å². The Bertz CT molecular complexity index is 645. The lowest BCUT2D eigenvalue weighted by atomic mass is 10.1. The van der Waals surface area contributed by atoms with E-state index in [1.807, 2.05) is 32.9 Å². The largest absolute Gasteiger partial charge is 0.619 e. The van der Waals surface area contributed by atoms with Crippen LogP contribution in [0, 0.1) is 26.0 Å². The van der Waals surface area contributed by atoms with Gasteiger partial charge in [0.1, 0.15) is 6.61 Å². The van der Waals surface area contributed by atoms with Crippen molar-refractivity contribution in [3.05, 3.63) is 64.1 Å². The fourth-order valence-corrected chi connectivity index (χ4v) is 2.25. The van der Waals surface area contributed by atoms with Crippen molar-refractivity contribution < 1.29 is 14.3 Å². The minimum Gasteiger partial charge on any atom is -0.619 e. The Morgan fingerprint density at radius 1 is 1.29 bits per heavy atom. The summed E-state index contributed by atoms with van der Waals surface area (Å²) in [6.45, 7) is 5.94. The molecule has 1 aromatic heterocycles. The van der Waals surface area contributed by atoms with Crippen LogP contribution < -0.4 is 10.0 Å². The maximum Gasteiger partial charge on any atom is 0.411 e. The summed E-state index contributed by atoms with van der Waals surface area (Å²) in [6.07, 6.45) is 2.21. The molecule has 1 N–H and O–H groups in total. The Morgan fingerprint density at radius 2 is 1.95 bits per heavy atom. The van der Waals surface area contributed by atoms with Crippen LogP contribution in [0.5, 0.6) is 0 Å². The number of nitrogens with one attached hydrogen (secondary N) is 1. The molecule has 0 unspecified atom stereocenters. The van der Waals surface area contributed by atoms with Gasteiger partial charge in [0.25, 0.3) is 0 Å². The maximum atomic E-state index is 11.8. The molecule has 0 aliphatic carbocycles. The first-order valence-electron chi connectivity index (χ1n) is 6.65. The smallest absolute Gasteiger partial charge is 0.411 e. The Morgan fingerprint density at radius 3 is 2.57 bits per heavy atom. The third-order valence-electron chi connectivity index (χ3n) is 3.11. The SMILES string of the molecule is Cc1cc(C)c(NC(=O)OCc2ccc[n+]([O-])c2)c(C)c1. The molecule has 21 heavy (non-hydrogen) atoms. The van der Waals surface area contributed by atoms with Crippen LogP contribution in [0.4, 0.5) is 10.5 Å². The summed E-state index contributed by atoms with van der Waals surface area (Å²) in [7, 11) is 0. The summed E-state index contributed by atoms with van der Waals surface area (Å²) < 4.78 is 5.80. The minimum absolute atomic E-state index is 0.0544. The summed E-state index contributed by atoms with van der Waals surface area (Å²) in [6, 6.07) is 7.34. The molecule has 1 amide bonds. The molecule has 0 saturated heterocycles. The van der Waals surface area contributed by atoms with Gasteiger partial charge in [-0.25, -0.2) is 4.79 Å². The lowest BCUT2D eigenvalue weighted by Gasteiger charge is -2.13.